The van der Waals surface area contributed by atoms with E-state index < -0.39 is 15.0 Å². The highest BCUT2D eigenvalue weighted by Gasteiger charge is 2.17. The molecule has 72 valence electrons. The summed E-state index contributed by atoms with van der Waals surface area (Å²) in [5.74, 6) is 0. The van der Waals surface area contributed by atoms with Crippen molar-refractivity contribution in [3.05, 3.63) is 22.2 Å². The van der Waals surface area contributed by atoms with E-state index in [-0.39, 0.29) is 15.7 Å². The van der Waals surface area contributed by atoms with Gasteiger partial charge in [0.1, 0.15) is 4.90 Å². The third kappa shape index (κ3) is 2.05. The van der Waals surface area contributed by atoms with Gasteiger partial charge in [-0.25, -0.2) is 0 Å². The maximum atomic E-state index is 10.7. The molecule has 0 fully saturated rings. The zero-order valence-electron chi connectivity index (χ0n) is 6.16. The molecular weight excluding hydrogens is 237 g/mol. The van der Waals surface area contributed by atoms with E-state index in [1.807, 2.05) is 0 Å². The molecule has 0 bridgehead atoms. The lowest BCUT2D eigenvalue weighted by Crippen LogP contribution is -2.01. The highest BCUT2D eigenvalue weighted by molar-refractivity contribution is 7.86. The Kier molecular flexibility index (Phi) is 2.72. The molecule has 0 saturated heterocycles. The zero-order valence-corrected chi connectivity index (χ0v) is 8.49. The van der Waals surface area contributed by atoms with Crippen LogP contribution in [0.15, 0.2) is 17.0 Å². The molecule has 0 saturated carbocycles. The highest BCUT2D eigenvalue weighted by atomic mass is 35.5. The fourth-order valence-corrected chi connectivity index (χ4v) is 1.99. The Balaban J connectivity index is 3.53. The van der Waals surface area contributed by atoms with Crippen molar-refractivity contribution < 1.29 is 13.0 Å². The third-order valence-electron chi connectivity index (χ3n) is 1.37. The van der Waals surface area contributed by atoms with Gasteiger partial charge in [0, 0.05) is 0 Å². The van der Waals surface area contributed by atoms with Crippen LogP contribution < -0.4 is 5.73 Å². The van der Waals surface area contributed by atoms with E-state index >= 15 is 0 Å². The van der Waals surface area contributed by atoms with Crippen LogP contribution in [0.1, 0.15) is 0 Å². The van der Waals surface area contributed by atoms with Crippen molar-refractivity contribution in [3.8, 4) is 0 Å². The van der Waals surface area contributed by atoms with Crippen LogP contribution in [0.2, 0.25) is 10.0 Å². The summed E-state index contributed by atoms with van der Waals surface area (Å²) in [6, 6.07) is 2.32. The lowest BCUT2D eigenvalue weighted by atomic mass is 10.3. The van der Waals surface area contributed by atoms with Crippen molar-refractivity contribution in [2.75, 3.05) is 5.73 Å². The van der Waals surface area contributed by atoms with E-state index in [4.69, 9.17) is 33.5 Å². The predicted octanol–water partition coefficient (Wildman–Crippen LogP) is 1.82. The first-order chi connectivity index (χ1) is 5.84. The molecular formula is C6H5Cl2NO3S. The first kappa shape index (κ1) is 10.6. The molecule has 3 N–H and O–H groups in total. The molecule has 0 amide bonds. The summed E-state index contributed by atoms with van der Waals surface area (Å²) in [4.78, 5) is -0.448. The monoisotopic (exact) mass is 241 g/mol. The summed E-state index contributed by atoms with van der Waals surface area (Å²) in [7, 11) is -4.34. The first-order valence-electron chi connectivity index (χ1n) is 3.05. The van der Waals surface area contributed by atoms with E-state index in [9.17, 15) is 8.42 Å². The van der Waals surface area contributed by atoms with E-state index in [1.54, 1.807) is 0 Å². The minimum absolute atomic E-state index is 0.0709. The van der Waals surface area contributed by atoms with Crippen LogP contribution in [-0.4, -0.2) is 13.0 Å². The molecule has 0 radical (unpaired) electrons. The van der Waals surface area contributed by atoms with E-state index in [1.165, 1.54) is 6.07 Å². The van der Waals surface area contributed by atoms with Gasteiger partial charge < -0.3 is 5.73 Å². The normalized spacial score (nSPS) is 11.6. The second-order valence-corrected chi connectivity index (χ2v) is 4.42. The maximum Gasteiger partial charge on any atom is 0.296 e. The molecule has 0 aliphatic heterocycles. The van der Waals surface area contributed by atoms with Gasteiger partial charge in [0.05, 0.1) is 15.7 Å². The number of hydrogen-bond donors (Lipinski definition) is 2. The van der Waals surface area contributed by atoms with Crippen molar-refractivity contribution in [2.45, 2.75) is 4.90 Å². The number of nitrogens with two attached hydrogens (primary N) is 1. The largest absolute Gasteiger partial charge is 0.396 e. The number of nitrogen functional groups attached to an aromatic ring is 1. The summed E-state index contributed by atoms with van der Waals surface area (Å²) in [6.45, 7) is 0. The SMILES string of the molecule is Nc1c(Cl)ccc(S(=O)(=O)O)c1Cl. The van der Waals surface area contributed by atoms with Crippen molar-refractivity contribution in [3.63, 3.8) is 0 Å². The average Bonchev–Trinajstić information content (AvgIpc) is 1.98. The average molecular weight is 242 g/mol. The van der Waals surface area contributed by atoms with E-state index in [0.717, 1.165) is 6.07 Å². The Hall–Kier alpha value is -0.490. The molecule has 0 aliphatic carbocycles. The zero-order chi connectivity index (χ0) is 10.2. The summed E-state index contributed by atoms with van der Waals surface area (Å²) in [5, 5.41) is -0.132. The molecule has 1 aromatic carbocycles. The van der Waals surface area contributed by atoms with Gasteiger partial charge in [-0.2, -0.15) is 8.42 Å². The van der Waals surface area contributed by atoms with Gasteiger partial charge >= 0.3 is 0 Å². The number of anilines is 1. The molecule has 13 heavy (non-hydrogen) atoms. The Morgan fingerprint density at radius 3 is 2.31 bits per heavy atom. The fourth-order valence-electron chi connectivity index (χ4n) is 0.749. The van der Waals surface area contributed by atoms with Crippen LogP contribution in [0.5, 0.6) is 0 Å². The van der Waals surface area contributed by atoms with Gasteiger partial charge in [-0.15, -0.1) is 0 Å². The highest BCUT2D eigenvalue weighted by Crippen LogP contribution is 2.32. The number of hydrogen-bond acceptors (Lipinski definition) is 3. The minimum atomic E-state index is -4.34. The number of rotatable bonds is 1. The minimum Gasteiger partial charge on any atom is -0.396 e. The van der Waals surface area contributed by atoms with Crippen molar-refractivity contribution >= 4 is 39.0 Å². The van der Waals surface area contributed by atoms with Gasteiger partial charge in [0.15, 0.2) is 0 Å². The standard InChI is InChI=1S/C6H5Cl2NO3S/c7-3-1-2-4(13(10,11)12)5(8)6(3)9/h1-2H,9H2,(H,10,11,12). The Morgan fingerprint density at radius 1 is 1.31 bits per heavy atom. The van der Waals surface area contributed by atoms with Crippen LogP contribution in [0.4, 0.5) is 5.69 Å². The van der Waals surface area contributed by atoms with Gasteiger partial charge in [-0.1, -0.05) is 23.2 Å². The van der Waals surface area contributed by atoms with Gasteiger partial charge in [0.2, 0.25) is 0 Å². The lowest BCUT2D eigenvalue weighted by molar-refractivity contribution is 0.483. The lowest BCUT2D eigenvalue weighted by Gasteiger charge is -2.04. The predicted molar refractivity (Wildman–Crippen MR) is 50.7 cm³/mol. The molecule has 0 heterocycles. The van der Waals surface area contributed by atoms with Gasteiger partial charge in [-0.3, -0.25) is 4.55 Å². The van der Waals surface area contributed by atoms with Crippen LogP contribution in [0, 0.1) is 0 Å². The smallest absolute Gasteiger partial charge is 0.296 e. The van der Waals surface area contributed by atoms with Crippen LogP contribution in [0.3, 0.4) is 0 Å². The summed E-state index contributed by atoms with van der Waals surface area (Å²) >= 11 is 11.1. The van der Waals surface area contributed by atoms with Gasteiger partial charge in [0.25, 0.3) is 10.1 Å². The summed E-state index contributed by atoms with van der Waals surface area (Å²) < 4.78 is 30.1. The molecule has 0 atom stereocenters. The third-order valence-corrected chi connectivity index (χ3v) is 3.11. The van der Waals surface area contributed by atoms with Crippen LogP contribution in [0.25, 0.3) is 0 Å². The van der Waals surface area contributed by atoms with Gasteiger partial charge in [-0.05, 0) is 12.1 Å². The molecule has 7 heteroatoms. The molecule has 0 unspecified atom stereocenters. The molecule has 0 aliphatic rings. The molecule has 1 aromatic rings. The number of halogens is 2. The fraction of sp³-hybridized carbons (Fsp3) is 0. The van der Waals surface area contributed by atoms with E-state index in [2.05, 4.69) is 0 Å². The Labute approximate surface area is 85.0 Å². The van der Waals surface area contributed by atoms with Crippen LogP contribution in [-0.2, 0) is 10.1 Å². The topological polar surface area (TPSA) is 80.4 Å². The van der Waals surface area contributed by atoms with E-state index in [0.29, 0.717) is 0 Å². The maximum absolute atomic E-state index is 10.7. The van der Waals surface area contributed by atoms with Crippen LogP contribution >= 0.6 is 23.2 Å². The molecule has 1 rings (SSSR count). The van der Waals surface area contributed by atoms with Crippen molar-refractivity contribution in [1.82, 2.24) is 0 Å². The molecule has 4 nitrogen and oxygen atoms in total. The Bertz CT molecular complexity index is 443. The first-order valence-corrected chi connectivity index (χ1v) is 5.24. The van der Waals surface area contributed by atoms with Crippen molar-refractivity contribution in [1.29, 1.82) is 0 Å². The quantitative estimate of drug-likeness (QED) is 0.581. The molecule has 0 aromatic heterocycles. The second kappa shape index (κ2) is 3.34. The number of benzene rings is 1. The Morgan fingerprint density at radius 2 is 1.85 bits per heavy atom. The van der Waals surface area contributed by atoms with Crippen molar-refractivity contribution in [2.24, 2.45) is 0 Å². The second-order valence-electron chi connectivity index (χ2n) is 2.25. The summed E-state index contributed by atoms with van der Waals surface area (Å²) in [5.41, 5.74) is 5.27. The summed E-state index contributed by atoms with van der Waals surface area (Å²) in [6.07, 6.45) is 0. The molecule has 0 spiro atoms.